The van der Waals surface area contributed by atoms with Crippen LogP contribution < -0.4 is 5.32 Å². The number of urea groups is 1. The molecule has 0 spiro atoms. The van der Waals surface area contributed by atoms with Crippen molar-refractivity contribution in [1.82, 2.24) is 20.1 Å². The van der Waals surface area contributed by atoms with E-state index in [1.807, 2.05) is 25.8 Å². The van der Waals surface area contributed by atoms with Crippen LogP contribution in [0.1, 0.15) is 47.8 Å². The molecular weight excluding hydrogens is 308 g/mol. The van der Waals surface area contributed by atoms with Gasteiger partial charge in [0.1, 0.15) is 0 Å². The van der Waals surface area contributed by atoms with Crippen LogP contribution in [0.2, 0.25) is 0 Å². The molecule has 2 amide bonds. The molecule has 23 heavy (non-hydrogen) atoms. The second kappa shape index (κ2) is 6.77. The molecule has 1 saturated carbocycles. The average molecular weight is 337 g/mol. The van der Waals surface area contributed by atoms with E-state index in [9.17, 15) is 4.79 Å². The number of carbonyl (C=O) groups is 1. The molecule has 1 aliphatic heterocycles. The minimum absolute atomic E-state index is 0.0289. The SMILES string of the molecule is Cc1nc(C)c([C@@H](C)N(C)C(=O)N[C@@H]2CCN(CC3CC3)C2)s1. The number of rotatable bonds is 5. The standard InChI is InChI=1S/C17H28N4OS/c1-11-16(23-13(3)18-11)12(2)20(4)17(22)19-15-7-8-21(10-15)9-14-5-6-14/h12,14-15H,5-10H2,1-4H3,(H,19,22)/t12-,15-/m1/s1. The third-order valence-corrected chi connectivity index (χ3v) is 6.28. The highest BCUT2D eigenvalue weighted by Gasteiger charge is 2.31. The molecule has 2 heterocycles. The van der Waals surface area contributed by atoms with Crippen molar-refractivity contribution in [3.05, 3.63) is 15.6 Å². The molecule has 0 bridgehead atoms. The molecule has 0 unspecified atom stereocenters. The zero-order valence-electron chi connectivity index (χ0n) is 14.6. The van der Waals surface area contributed by atoms with E-state index in [1.54, 1.807) is 11.3 Å². The number of hydrogen-bond acceptors (Lipinski definition) is 4. The van der Waals surface area contributed by atoms with Crippen LogP contribution in [0.3, 0.4) is 0 Å². The number of hydrogen-bond donors (Lipinski definition) is 1. The maximum Gasteiger partial charge on any atom is 0.317 e. The fraction of sp³-hybridized carbons (Fsp3) is 0.765. The van der Waals surface area contributed by atoms with Gasteiger partial charge < -0.3 is 15.1 Å². The maximum absolute atomic E-state index is 12.6. The highest BCUT2D eigenvalue weighted by molar-refractivity contribution is 7.11. The molecule has 1 aliphatic carbocycles. The Bertz CT molecular complexity index is 569. The van der Waals surface area contributed by atoms with Gasteiger partial charge >= 0.3 is 6.03 Å². The smallest absolute Gasteiger partial charge is 0.317 e. The number of nitrogens with one attached hydrogen (secondary N) is 1. The van der Waals surface area contributed by atoms with Crippen LogP contribution in [0.25, 0.3) is 0 Å². The zero-order valence-corrected chi connectivity index (χ0v) is 15.4. The van der Waals surface area contributed by atoms with Gasteiger partial charge in [-0.1, -0.05) is 0 Å². The first-order chi connectivity index (χ1) is 10.9. The highest BCUT2D eigenvalue weighted by Crippen LogP contribution is 2.31. The summed E-state index contributed by atoms with van der Waals surface area (Å²) in [5.41, 5.74) is 1.04. The summed E-state index contributed by atoms with van der Waals surface area (Å²) in [6, 6.07) is 0.381. The molecular formula is C17H28N4OS. The molecule has 6 heteroatoms. The molecule has 2 fully saturated rings. The molecule has 2 atom stereocenters. The fourth-order valence-electron chi connectivity index (χ4n) is 3.34. The predicted molar refractivity (Wildman–Crippen MR) is 93.9 cm³/mol. The van der Waals surface area contributed by atoms with Crippen molar-refractivity contribution < 1.29 is 4.79 Å². The van der Waals surface area contributed by atoms with Gasteiger partial charge in [-0.25, -0.2) is 9.78 Å². The number of aromatic nitrogens is 1. The first kappa shape index (κ1) is 16.7. The summed E-state index contributed by atoms with van der Waals surface area (Å²) in [4.78, 5) is 22.5. The lowest BCUT2D eigenvalue weighted by atomic mass is 10.2. The number of carbonyl (C=O) groups excluding carboxylic acids is 1. The van der Waals surface area contributed by atoms with E-state index in [1.165, 1.54) is 24.3 Å². The van der Waals surface area contributed by atoms with Gasteiger partial charge in [-0.2, -0.15) is 0 Å². The lowest BCUT2D eigenvalue weighted by Gasteiger charge is -2.26. The van der Waals surface area contributed by atoms with Crippen LogP contribution in [-0.2, 0) is 0 Å². The minimum atomic E-state index is 0.0289. The number of nitrogens with zero attached hydrogens (tertiary/aromatic N) is 3. The first-order valence-electron chi connectivity index (χ1n) is 8.63. The fourth-order valence-corrected chi connectivity index (χ4v) is 4.37. The van der Waals surface area contributed by atoms with Gasteiger partial charge in [0.15, 0.2) is 0 Å². The van der Waals surface area contributed by atoms with E-state index in [-0.39, 0.29) is 12.1 Å². The molecule has 0 aromatic carbocycles. The normalized spacial score (nSPS) is 23.0. The van der Waals surface area contributed by atoms with Gasteiger partial charge in [0, 0.05) is 37.6 Å². The third kappa shape index (κ3) is 4.04. The first-order valence-corrected chi connectivity index (χ1v) is 9.45. The predicted octanol–water partition coefficient (Wildman–Crippen LogP) is 2.95. The highest BCUT2D eigenvalue weighted by atomic mass is 32.1. The van der Waals surface area contributed by atoms with E-state index in [2.05, 4.69) is 22.1 Å². The number of amides is 2. The summed E-state index contributed by atoms with van der Waals surface area (Å²) in [6.07, 6.45) is 3.85. The van der Waals surface area contributed by atoms with Crippen molar-refractivity contribution in [2.45, 2.75) is 52.1 Å². The summed E-state index contributed by atoms with van der Waals surface area (Å²) in [7, 11) is 1.88. The minimum Gasteiger partial charge on any atom is -0.334 e. The van der Waals surface area contributed by atoms with E-state index >= 15 is 0 Å². The summed E-state index contributed by atoms with van der Waals surface area (Å²) in [5.74, 6) is 0.921. The van der Waals surface area contributed by atoms with E-state index in [4.69, 9.17) is 0 Å². The van der Waals surface area contributed by atoms with Crippen LogP contribution in [0.5, 0.6) is 0 Å². The lowest BCUT2D eigenvalue weighted by Crippen LogP contribution is -2.45. The Morgan fingerprint density at radius 1 is 1.43 bits per heavy atom. The molecule has 1 N–H and O–H groups in total. The van der Waals surface area contributed by atoms with Gasteiger partial charge in [0.2, 0.25) is 0 Å². The van der Waals surface area contributed by atoms with Crippen LogP contribution in [0.4, 0.5) is 4.79 Å². The van der Waals surface area contributed by atoms with Crippen molar-refractivity contribution in [2.75, 3.05) is 26.7 Å². The summed E-state index contributed by atoms with van der Waals surface area (Å²) >= 11 is 1.68. The second-order valence-corrected chi connectivity index (χ2v) is 8.34. The van der Waals surface area contributed by atoms with Crippen LogP contribution in [0.15, 0.2) is 0 Å². The molecule has 1 aromatic heterocycles. The molecule has 3 rings (SSSR count). The van der Waals surface area contributed by atoms with Gasteiger partial charge in [0.25, 0.3) is 0 Å². The largest absolute Gasteiger partial charge is 0.334 e. The van der Waals surface area contributed by atoms with Gasteiger partial charge in [-0.3, -0.25) is 0 Å². The Hall–Kier alpha value is -1.14. The third-order valence-electron chi connectivity index (χ3n) is 5.03. The lowest BCUT2D eigenvalue weighted by molar-refractivity contribution is 0.190. The second-order valence-electron chi connectivity index (χ2n) is 7.11. The Morgan fingerprint density at radius 2 is 2.17 bits per heavy atom. The van der Waals surface area contributed by atoms with Gasteiger partial charge in [-0.15, -0.1) is 11.3 Å². The van der Waals surface area contributed by atoms with Gasteiger partial charge in [-0.05, 0) is 46.0 Å². The number of thiazole rings is 1. The van der Waals surface area contributed by atoms with E-state index in [0.717, 1.165) is 36.1 Å². The van der Waals surface area contributed by atoms with Crippen molar-refractivity contribution in [3.63, 3.8) is 0 Å². The summed E-state index contributed by atoms with van der Waals surface area (Å²) < 4.78 is 0. The summed E-state index contributed by atoms with van der Waals surface area (Å²) in [5, 5.41) is 4.27. The molecule has 2 aliphatic rings. The quantitative estimate of drug-likeness (QED) is 0.899. The Balaban J connectivity index is 1.52. The van der Waals surface area contributed by atoms with E-state index < -0.39 is 0 Å². The van der Waals surface area contributed by atoms with Crippen molar-refractivity contribution in [1.29, 1.82) is 0 Å². The molecule has 1 saturated heterocycles. The molecule has 5 nitrogen and oxygen atoms in total. The van der Waals surface area contributed by atoms with Crippen LogP contribution in [0, 0.1) is 19.8 Å². The molecule has 128 valence electrons. The Morgan fingerprint density at radius 3 is 2.78 bits per heavy atom. The van der Waals surface area contributed by atoms with Crippen molar-refractivity contribution in [3.8, 4) is 0 Å². The maximum atomic E-state index is 12.6. The van der Waals surface area contributed by atoms with Crippen molar-refractivity contribution in [2.24, 2.45) is 5.92 Å². The van der Waals surface area contributed by atoms with Crippen LogP contribution >= 0.6 is 11.3 Å². The molecule has 1 aromatic rings. The van der Waals surface area contributed by atoms with E-state index in [0.29, 0.717) is 6.04 Å². The average Bonchev–Trinajstić information content (AvgIpc) is 3.10. The molecule has 0 radical (unpaired) electrons. The Labute approximate surface area is 143 Å². The topological polar surface area (TPSA) is 48.5 Å². The monoisotopic (exact) mass is 336 g/mol. The number of likely N-dealkylation sites (tertiary alicyclic amines) is 1. The van der Waals surface area contributed by atoms with Gasteiger partial charge in [0.05, 0.1) is 16.7 Å². The zero-order chi connectivity index (χ0) is 16.6. The van der Waals surface area contributed by atoms with Crippen molar-refractivity contribution >= 4 is 17.4 Å². The number of aryl methyl sites for hydroxylation is 2. The van der Waals surface area contributed by atoms with Crippen LogP contribution in [-0.4, -0.2) is 53.5 Å². The summed E-state index contributed by atoms with van der Waals surface area (Å²) in [6.45, 7) is 9.46. The Kier molecular flexibility index (Phi) is 4.92.